The van der Waals surface area contributed by atoms with Gasteiger partial charge in [-0.05, 0) is 0 Å². The van der Waals surface area contributed by atoms with Gasteiger partial charge in [-0.15, -0.1) is 0 Å². The minimum Gasteiger partial charge on any atom is -0.197 e. The van der Waals surface area contributed by atoms with Crippen LogP contribution in [0.4, 0.5) is 0 Å². The Bertz CT molecular complexity index is 272. The molecule has 0 atom stereocenters. The maximum absolute atomic E-state index is 3.81. The molecule has 0 aliphatic heterocycles. The number of hydrogen-bond donors (Lipinski definition) is 0. The largest absolute Gasteiger partial charge is 0.197 e. The van der Waals surface area contributed by atoms with E-state index in [4.69, 9.17) is 0 Å². The van der Waals surface area contributed by atoms with E-state index < -0.39 is 5.51 Å². The van der Waals surface area contributed by atoms with Crippen LogP contribution < -0.4 is 0 Å². The molecule has 0 aromatic heterocycles. The monoisotopic (exact) mass is 484 g/mol. The molecule has 3 heteroatoms. The van der Waals surface area contributed by atoms with Gasteiger partial charge < -0.3 is 0 Å². The molecule has 0 heterocycles. The van der Waals surface area contributed by atoms with Gasteiger partial charge in [0.25, 0.3) is 0 Å². The zero-order valence-electron chi connectivity index (χ0n) is 19.2. The third-order valence-corrected chi connectivity index (χ3v) is 12.6. The molecular formula is C24H53PSSe. The van der Waals surface area contributed by atoms with Gasteiger partial charge in [0.05, 0.1) is 0 Å². The minimum absolute atomic E-state index is 0. The van der Waals surface area contributed by atoms with Crippen molar-refractivity contribution >= 4 is 34.1 Å². The number of hydrogen-bond acceptors (Lipinski definition) is 0. The van der Waals surface area contributed by atoms with E-state index in [2.05, 4.69) is 35.9 Å². The SMILES string of the molecule is CCCCCCCCP(=[Se])(CCCCCCCC)CCCCCCCC.S. The first-order valence-corrected chi connectivity index (χ1v) is 16.8. The molecule has 0 fully saturated rings. The normalized spacial score (nSPS) is 11.5. The van der Waals surface area contributed by atoms with Crippen molar-refractivity contribution in [3.8, 4) is 0 Å². The van der Waals surface area contributed by atoms with Gasteiger partial charge in [0.15, 0.2) is 0 Å². The van der Waals surface area contributed by atoms with Crippen LogP contribution in [0.15, 0.2) is 0 Å². The predicted octanol–water partition coefficient (Wildman–Crippen LogP) is 9.28. The molecule has 0 N–H and O–H groups in total. The Balaban J connectivity index is 0. The fourth-order valence-electron chi connectivity index (χ4n) is 3.88. The molecule has 0 spiro atoms. The van der Waals surface area contributed by atoms with Gasteiger partial charge >= 0.3 is 175 Å². The van der Waals surface area contributed by atoms with Crippen molar-refractivity contribution in [2.45, 2.75) is 136 Å². The number of unbranched alkanes of at least 4 members (excludes halogenated alkanes) is 15. The minimum atomic E-state index is -0.761. The van der Waals surface area contributed by atoms with Crippen molar-refractivity contribution < 1.29 is 0 Å². The predicted molar refractivity (Wildman–Crippen MR) is 138 cm³/mol. The maximum Gasteiger partial charge on any atom is -0.197 e. The summed E-state index contributed by atoms with van der Waals surface area (Å²) in [5.74, 6) is 0. The fourth-order valence-corrected chi connectivity index (χ4v) is 9.38. The molecule has 0 unspecified atom stereocenters. The summed E-state index contributed by atoms with van der Waals surface area (Å²) in [4.78, 5) is 0. The van der Waals surface area contributed by atoms with E-state index in [1.165, 1.54) is 116 Å². The molecule has 0 amide bonds. The van der Waals surface area contributed by atoms with Crippen molar-refractivity contribution in [2.75, 3.05) is 18.5 Å². The summed E-state index contributed by atoms with van der Waals surface area (Å²) < 4.78 is 0. The maximum atomic E-state index is 3.81. The third-order valence-electron chi connectivity index (χ3n) is 5.76. The zero-order valence-corrected chi connectivity index (χ0v) is 22.8. The van der Waals surface area contributed by atoms with Gasteiger partial charge in [0, 0.05) is 0 Å². The summed E-state index contributed by atoms with van der Waals surface area (Å²) in [5.41, 5.74) is -0.761. The molecule has 0 aromatic carbocycles. The van der Waals surface area contributed by atoms with Crippen LogP contribution in [0.2, 0.25) is 0 Å². The van der Waals surface area contributed by atoms with Gasteiger partial charge in [-0.1, -0.05) is 0 Å². The van der Waals surface area contributed by atoms with Gasteiger partial charge in [-0.25, -0.2) is 0 Å². The summed E-state index contributed by atoms with van der Waals surface area (Å²) >= 11 is 3.81. The van der Waals surface area contributed by atoms with Crippen molar-refractivity contribution in [3.05, 3.63) is 0 Å². The Morgan fingerprint density at radius 2 is 0.630 bits per heavy atom. The topological polar surface area (TPSA) is 0 Å². The summed E-state index contributed by atoms with van der Waals surface area (Å²) in [6.45, 7) is 6.95. The molecule has 0 bridgehead atoms. The van der Waals surface area contributed by atoms with Gasteiger partial charge in [-0.3, -0.25) is 0 Å². The van der Waals surface area contributed by atoms with Crippen molar-refractivity contribution in [1.29, 1.82) is 0 Å². The standard InChI is InChI=1S/C24H51PSe.H2S/c1-4-7-10-13-16-19-22-25(26,23-20-17-14-11-8-5-2)24-21-18-15-12-9-6-3;/h4-24H2,1-3H3;1H2. The van der Waals surface area contributed by atoms with E-state index in [0.29, 0.717) is 0 Å². The first kappa shape index (κ1) is 30.5. The van der Waals surface area contributed by atoms with Crippen LogP contribution in [-0.4, -0.2) is 33.6 Å². The molecule has 0 nitrogen and oxygen atoms in total. The second-order valence-corrected chi connectivity index (χ2v) is 16.9. The third kappa shape index (κ3) is 21.8. The fraction of sp³-hybridized carbons (Fsp3) is 1.00. The molecule has 0 saturated carbocycles. The second kappa shape index (κ2) is 23.6. The smallest absolute Gasteiger partial charge is 0.197 e. The van der Waals surface area contributed by atoms with E-state index in [9.17, 15) is 0 Å². The van der Waals surface area contributed by atoms with E-state index in [1.807, 2.05) is 0 Å². The molecular weight excluding hydrogens is 430 g/mol. The van der Waals surface area contributed by atoms with Crippen molar-refractivity contribution in [1.82, 2.24) is 0 Å². The van der Waals surface area contributed by atoms with Crippen LogP contribution in [0.1, 0.15) is 136 Å². The molecule has 0 saturated heterocycles. The van der Waals surface area contributed by atoms with Crippen LogP contribution in [0.3, 0.4) is 0 Å². The Labute approximate surface area is 188 Å². The molecule has 0 aliphatic rings. The van der Waals surface area contributed by atoms with Gasteiger partial charge in [0.2, 0.25) is 0 Å². The van der Waals surface area contributed by atoms with Crippen LogP contribution in [0, 0.1) is 0 Å². The second-order valence-electron chi connectivity index (χ2n) is 8.53. The average molecular weight is 484 g/mol. The molecule has 0 radical (unpaired) electrons. The summed E-state index contributed by atoms with van der Waals surface area (Å²) in [6, 6.07) is 0. The molecule has 0 aromatic rings. The van der Waals surface area contributed by atoms with Crippen LogP contribution in [0.5, 0.6) is 0 Å². The van der Waals surface area contributed by atoms with Gasteiger partial charge in [-0.2, -0.15) is 13.5 Å². The summed E-state index contributed by atoms with van der Waals surface area (Å²) in [5, 5.41) is 0. The summed E-state index contributed by atoms with van der Waals surface area (Å²) in [6.07, 6.45) is 30.8. The van der Waals surface area contributed by atoms with E-state index in [0.717, 1.165) is 0 Å². The first-order chi connectivity index (χ1) is 12.7. The molecule has 0 aliphatic carbocycles. The Hall–Kier alpha value is 1.30. The van der Waals surface area contributed by atoms with Crippen molar-refractivity contribution in [3.63, 3.8) is 0 Å². The zero-order chi connectivity index (χ0) is 19.3. The molecule has 27 heavy (non-hydrogen) atoms. The van der Waals surface area contributed by atoms with Crippen LogP contribution in [-0.2, 0) is 0 Å². The quantitative estimate of drug-likeness (QED) is 0.0867. The van der Waals surface area contributed by atoms with E-state index >= 15 is 0 Å². The number of rotatable bonds is 21. The van der Waals surface area contributed by atoms with Crippen LogP contribution >= 0.6 is 19.0 Å². The summed E-state index contributed by atoms with van der Waals surface area (Å²) in [7, 11) is 0. The average Bonchev–Trinajstić information content (AvgIpc) is 2.64. The van der Waals surface area contributed by atoms with Crippen LogP contribution in [0.25, 0.3) is 0 Å². The Morgan fingerprint density at radius 1 is 0.407 bits per heavy atom. The van der Waals surface area contributed by atoms with E-state index in [-0.39, 0.29) is 13.5 Å². The Kier molecular flexibility index (Phi) is 26.6. The first-order valence-electron chi connectivity index (χ1n) is 12.3. The Morgan fingerprint density at radius 3 is 0.889 bits per heavy atom. The molecule has 0 rings (SSSR count). The van der Waals surface area contributed by atoms with Crippen molar-refractivity contribution in [2.24, 2.45) is 0 Å². The van der Waals surface area contributed by atoms with Gasteiger partial charge in [0.1, 0.15) is 0 Å². The van der Waals surface area contributed by atoms with E-state index in [1.54, 1.807) is 18.5 Å². The molecule has 166 valence electrons.